The van der Waals surface area contributed by atoms with Gasteiger partial charge in [0.05, 0.1) is 12.1 Å². The molecule has 5 rings (SSSR count). The maximum Gasteiger partial charge on any atom is 0.252 e. The number of tetrazole rings is 1. The van der Waals surface area contributed by atoms with Crippen molar-refractivity contribution < 1.29 is 0 Å². The molecule has 33 heavy (non-hydrogen) atoms. The molecule has 2 aliphatic rings. The van der Waals surface area contributed by atoms with Crippen molar-refractivity contribution in [1.82, 2.24) is 30.1 Å². The van der Waals surface area contributed by atoms with Crippen molar-refractivity contribution in [2.45, 2.75) is 96.8 Å². The number of benzene rings is 1. The van der Waals surface area contributed by atoms with Crippen molar-refractivity contribution in [2.24, 2.45) is 5.92 Å². The first-order chi connectivity index (χ1) is 16.0. The lowest BCUT2D eigenvalue weighted by molar-refractivity contribution is 0.0826. The minimum atomic E-state index is 0.00670. The van der Waals surface area contributed by atoms with Crippen molar-refractivity contribution in [1.29, 1.82) is 0 Å². The van der Waals surface area contributed by atoms with Gasteiger partial charge < -0.3 is 4.98 Å². The van der Waals surface area contributed by atoms with E-state index >= 15 is 0 Å². The first-order valence-corrected chi connectivity index (χ1v) is 12.7. The number of fused-ring (bicyclic) bond motifs is 1. The summed E-state index contributed by atoms with van der Waals surface area (Å²) in [6.07, 6.45) is 9.60. The van der Waals surface area contributed by atoms with Gasteiger partial charge in [0.1, 0.15) is 0 Å². The van der Waals surface area contributed by atoms with Crippen molar-refractivity contribution in [3.05, 3.63) is 51.6 Å². The molecule has 7 heteroatoms. The van der Waals surface area contributed by atoms with Crippen LogP contribution in [-0.4, -0.2) is 36.1 Å². The van der Waals surface area contributed by atoms with E-state index in [1.807, 2.05) is 12.1 Å². The van der Waals surface area contributed by atoms with E-state index < -0.39 is 0 Å². The standard InChI is InChI=1S/C26H36N6O/c1-17(2)24(25-28-29-30-32(25)22-10-6-7-11-22)31(21-8-4-5-9-21)16-20-15-19-14-18(3)12-13-23(19)27-26(20)33/h12-15,17,21-22,24H,4-11,16H2,1-3H3,(H,27,33)/t24-/m1/s1. The summed E-state index contributed by atoms with van der Waals surface area (Å²) < 4.78 is 2.10. The molecule has 0 bridgehead atoms. The zero-order chi connectivity index (χ0) is 22.9. The van der Waals surface area contributed by atoms with Crippen LogP contribution < -0.4 is 5.56 Å². The molecule has 2 aromatic heterocycles. The zero-order valence-electron chi connectivity index (χ0n) is 20.1. The Morgan fingerprint density at radius 3 is 2.55 bits per heavy atom. The Hall–Kier alpha value is -2.54. The summed E-state index contributed by atoms with van der Waals surface area (Å²) in [6, 6.07) is 9.19. The largest absolute Gasteiger partial charge is 0.322 e. The summed E-state index contributed by atoms with van der Waals surface area (Å²) in [7, 11) is 0. The Balaban J connectivity index is 1.55. The number of hydrogen-bond donors (Lipinski definition) is 1. The molecule has 0 aliphatic heterocycles. The van der Waals surface area contributed by atoms with Crippen LogP contribution >= 0.6 is 0 Å². The monoisotopic (exact) mass is 448 g/mol. The van der Waals surface area contributed by atoms with Gasteiger partial charge in [0.15, 0.2) is 5.82 Å². The van der Waals surface area contributed by atoms with Gasteiger partial charge in [-0.05, 0) is 72.5 Å². The number of hydrogen-bond acceptors (Lipinski definition) is 5. The second kappa shape index (κ2) is 9.37. The Morgan fingerprint density at radius 2 is 1.82 bits per heavy atom. The SMILES string of the molecule is Cc1ccc2[nH]c(=O)c(CN(C3CCCC3)[C@@H](c3nnnn3C3CCCC3)C(C)C)cc2c1. The fourth-order valence-electron chi connectivity index (χ4n) is 6.01. The first kappa shape index (κ1) is 22.3. The molecule has 0 unspecified atom stereocenters. The summed E-state index contributed by atoms with van der Waals surface area (Å²) in [5.41, 5.74) is 2.93. The summed E-state index contributed by atoms with van der Waals surface area (Å²) in [5.74, 6) is 1.30. The van der Waals surface area contributed by atoms with Gasteiger partial charge in [-0.25, -0.2) is 4.68 Å². The van der Waals surface area contributed by atoms with E-state index in [0.717, 1.165) is 35.1 Å². The minimum Gasteiger partial charge on any atom is -0.322 e. The van der Waals surface area contributed by atoms with E-state index in [9.17, 15) is 4.79 Å². The van der Waals surface area contributed by atoms with Gasteiger partial charge in [-0.15, -0.1) is 5.10 Å². The van der Waals surface area contributed by atoms with Crippen LogP contribution in [0.25, 0.3) is 10.9 Å². The molecule has 176 valence electrons. The molecule has 2 heterocycles. The van der Waals surface area contributed by atoms with Gasteiger partial charge in [-0.2, -0.15) is 0 Å². The third kappa shape index (κ3) is 4.47. The maximum atomic E-state index is 13.1. The number of aryl methyl sites for hydroxylation is 1. The van der Waals surface area contributed by atoms with Crippen LogP contribution in [0, 0.1) is 12.8 Å². The molecule has 0 spiro atoms. The first-order valence-electron chi connectivity index (χ1n) is 12.7. The molecule has 2 aliphatic carbocycles. The van der Waals surface area contributed by atoms with Crippen molar-refractivity contribution in [2.75, 3.05) is 0 Å². The Labute approximate surface area is 195 Å². The van der Waals surface area contributed by atoms with E-state index in [4.69, 9.17) is 0 Å². The molecule has 1 N–H and O–H groups in total. The molecule has 2 fully saturated rings. The number of nitrogens with zero attached hydrogens (tertiary/aromatic N) is 5. The zero-order valence-corrected chi connectivity index (χ0v) is 20.1. The van der Waals surface area contributed by atoms with Crippen LogP contribution in [0.15, 0.2) is 29.1 Å². The molecular formula is C26H36N6O. The average molecular weight is 449 g/mol. The van der Waals surface area contributed by atoms with Crippen LogP contribution in [-0.2, 0) is 6.54 Å². The van der Waals surface area contributed by atoms with Gasteiger partial charge in [-0.3, -0.25) is 9.69 Å². The molecule has 0 saturated heterocycles. The lowest BCUT2D eigenvalue weighted by atomic mass is 9.97. The highest BCUT2D eigenvalue weighted by Crippen LogP contribution is 2.38. The Kier molecular flexibility index (Phi) is 6.32. The summed E-state index contributed by atoms with van der Waals surface area (Å²) in [5, 5.41) is 14.2. The minimum absolute atomic E-state index is 0.00670. The summed E-state index contributed by atoms with van der Waals surface area (Å²) >= 11 is 0. The predicted octanol–water partition coefficient (Wildman–Crippen LogP) is 5.08. The molecule has 7 nitrogen and oxygen atoms in total. The number of rotatable bonds is 7. The number of H-pyrrole nitrogens is 1. The molecule has 1 atom stereocenters. The third-order valence-electron chi connectivity index (χ3n) is 7.67. The second-order valence-corrected chi connectivity index (χ2v) is 10.4. The summed E-state index contributed by atoms with van der Waals surface area (Å²) in [4.78, 5) is 18.8. The van der Waals surface area contributed by atoms with Gasteiger partial charge in [0.2, 0.25) is 0 Å². The fourth-order valence-corrected chi connectivity index (χ4v) is 6.01. The fraction of sp³-hybridized carbons (Fsp3) is 0.615. The van der Waals surface area contributed by atoms with E-state index in [1.165, 1.54) is 44.1 Å². The van der Waals surface area contributed by atoms with E-state index in [1.54, 1.807) is 0 Å². The normalized spacial score (nSPS) is 18.8. The highest BCUT2D eigenvalue weighted by Gasteiger charge is 2.36. The Bertz CT molecular complexity index is 1150. The highest BCUT2D eigenvalue weighted by atomic mass is 16.1. The van der Waals surface area contributed by atoms with Gasteiger partial charge in [-0.1, -0.05) is 51.2 Å². The molecule has 2 saturated carbocycles. The Morgan fingerprint density at radius 1 is 1.09 bits per heavy atom. The van der Waals surface area contributed by atoms with Crippen LogP contribution in [0.5, 0.6) is 0 Å². The van der Waals surface area contributed by atoms with Crippen LogP contribution in [0.4, 0.5) is 0 Å². The topological polar surface area (TPSA) is 79.7 Å². The van der Waals surface area contributed by atoms with Gasteiger partial charge >= 0.3 is 0 Å². The van der Waals surface area contributed by atoms with E-state index in [-0.39, 0.29) is 11.6 Å². The quantitative estimate of drug-likeness (QED) is 0.545. The van der Waals surface area contributed by atoms with Crippen molar-refractivity contribution in [3.63, 3.8) is 0 Å². The molecule has 0 amide bonds. The van der Waals surface area contributed by atoms with Gasteiger partial charge in [0.25, 0.3) is 5.56 Å². The number of aromatic amines is 1. The van der Waals surface area contributed by atoms with E-state index in [0.29, 0.717) is 24.5 Å². The van der Waals surface area contributed by atoms with Gasteiger partial charge in [0, 0.05) is 23.7 Å². The van der Waals surface area contributed by atoms with Crippen molar-refractivity contribution in [3.8, 4) is 0 Å². The average Bonchev–Trinajstić information content (AvgIpc) is 3.55. The lowest BCUT2D eigenvalue weighted by Crippen LogP contribution is -2.41. The molecular weight excluding hydrogens is 412 g/mol. The third-order valence-corrected chi connectivity index (χ3v) is 7.67. The summed E-state index contributed by atoms with van der Waals surface area (Å²) in [6.45, 7) is 7.22. The van der Waals surface area contributed by atoms with Crippen LogP contribution in [0.3, 0.4) is 0 Å². The van der Waals surface area contributed by atoms with Crippen molar-refractivity contribution >= 4 is 10.9 Å². The smallest absolute Gasteiger partial charge is 0.252 e. The second-order valence-electron chi connectivity index (χ2n) is 10.4. The predicted molar refractivity (Wildman–Crippen MR) is 130 cm³/mol. The molecule has 3 aromatic rings. The number of nitrogens with one attached hydrogen (secondary N) is 1. The highest BCUT2D eigenvalue weighted by molar-refractivity contribution is 5.79. The number of pyridine rings is 1. The van der Waals surface area contributed by atoms with Crippen LogP contribution in [0.2, 0.25) is 0 Å². The number of aromatic nitrogens is 5. The van der Waals surface area contributed by atoms with E-state index in [2.05, 4.69) is 63.0 Å². The maximum absolute atomic E-state index is 13.1. The molecule has 0 radical (unpaired) electrons. The lowest BCUT2D eigenvalue weighted by Gasteiger charge is -2.38. The molecule has 1 aromatic carbocycles. The van der Waals surface area contributed by atoms with Crippen LogP contribution in [0.1, 0.15) is 94.2 Å².